The van der Waals surface area contributed by atoms with Crippen molar-refractivity contribution in [3.8, 4) is 27.6 Å². The Labute approximate surface area is 184 Å². The highest BCUT2D eigenvalue weighted by Crippen LogP contribution is 2.33. The average molecular weight is 435 g/mol. The predicted octanol–water partition coefficient (Wildman–Crippen LogP) is 6.32. The number of thiazole rings is 1. The van der Waals surface area contributed by atoms with E-state index in [2.05, 4.69) is 5.32 Å². The molecule has 150 valence electrons. The number of anilines is 1. The zero-order valence-electron chi connectivity index (χ0n) is 16.3. The van der Waals surface area contributed by atoms with Crippen molar-refractivity contribution < 1.29 is 9.53 Å². The molecule has 0 aliphatic heterocycles. The van der Waals surface area contributed by atoms with Crippen LogP contribution in [0.25, 0.3) is 21.8 Å². The molecule has 4 nitrogen and oxygen atoms in total. The van der Waals surface area contributed by atoms with Crippen LogP contribution in [0.3, 0.4) is 0 Å². The van der Waals surface area contributed by atoms with E-state index in [0.29, 0.717) is 11.4 Å². The average Bonchev–Trinajstić information content (AvgIpc) is 3.25. The second kappa shape index (κ2) is 9.11. The van der Waals surface area contributed by atoms with Gasteiger partial charge >= 0.3 is 0 Å². The third kappa shape index (κ3) is 4.70. The molecule has 0 spiro atoms. The molecule has 0 radical (unpaired) electrons. The summed E-state index contributed by atoms with van der Waals surface area (Å²) < 4.78 is 5.15. The Hall–Kier alpha value is -3.15. The summed E-state index contributed by atoms with van der Waals surface area (Å²) in [5.74, 6) is 0.693. The lowest BCUT2D eigenvalue weighted by Crippen LogP contribution is -2.14. The molecule has 0 saturated heterocycles. The molecular weight excluding hydrogens is 416 g/mol. The van der Waals surface area contributed by atoms with Gasteiger partial charge in [0.25, 0.3) is 0 Å². The van der Waals surface area contributed by atoms with Crippen LogP contribution in [0.4, 0.5) is 5.69 Å². The fourth-order valence-corrected chi connectivity index (χ4v) is 4.20. The Morgan fingerprint density at radius 2 is 1.87 bits per heavy atom. The fourth-order valence-electron chi connectivity index (χ4n) is 3.05. The van der Waals surface area contributed by atoms with Gasteiger partial charge in [0, 0.05) is 22.2 Å². The number of aromatic nitrogens is 1. The summed E-state index contributed by atoms with van der Waals surface area (Å²) in [5, 5.41) is 6.50. The summed E-state index contributed by atoms with van der Waals surface area (Å²) in [7, 11) is 1.62. The highest BCUT2D eigenvalue weighted by molar-refractivity contribution is 7.13. The highest BCUT2D eigenvalue weighted by atomic mass is 35.5. The van der Waals surface area contributed by atoms with E-state index in [1.165, 1.54) is 0 Å². The van der Waals surface area contributed by atoms with Gasteiger partial charge in [-0.15, -0.1) is 11.3 Å². The van der Waals surface area contributed by atoms with E-state index in [4.69, 9.17) is 21.3 Å². The van der Waals surface area contributed by atoms with Crippen LogP contribution in [-0.4, -0.2) is 18.0 Å². The monoisotopic (exact) mass is 434 g/mol. The number of amides is 1. The number of nitrogens with one attached hydrogen (secondary N) is 1. The number of benzene rings is 3. The van der Waals surface area contributed by atoms with Crippen molar-refractivity contribution in [2.45, 2.75) is 6.42 Å². The molecule has 1 aromatic heterocycles. The Bertz CT molecular complexity index is 1170. The standard InChI is InChI=1S/C24H19ClN2O2S/c1-29-19-11-9-16(10-12-19)13-23(28)26-18-6-4-5-17(14-18)22-15-30-24(27-22)20-7-2-3-8-21(20)25/h2-12,14-15H,13H2,1H3,(H,26,28). The second-order valence-electron chi connectivity index (χ2n) is 6.67. The van der Waals surface area contributed by atoms with E-state index < -0.39 is 0 Å². The lowest BCUT2D eigenvalue weighted by molar-refractivity contribution is -0.115. The van der Waals surface area contributed by atoms with Crippen LogP contribution in [0.2, 0.25) is 5.02 Å². The zero-order valence-corrected chi connectivity index (χ0v) is 17.8. The van der Waals surface area contributed by atoms with Crippen molar-refractivity contribution in [2.75, 3.05) is 12.4 Å². The molecule has 1 heterocycles. The topological polar surface area (TPSA) is 51.2 Å². The molecule has 0 saturated carbocycles. The summed E-state index contributed by atoms with van der Waals surface area (Å²) >= 11 is 7.84. The predicted molar refractivity (Wildman–Crippen MR) is 123 cm³/mol. The lowest BCUT2D eigenvalue weighted by Gasteiger charge is -2.07. The molecule has 0 unspecified atom stereocenters. The first kappa shape index (κ1) is 20.1. The summed E-state index contributed by atoms with van der Waals surface area (Å²) in [5.41, 5.74) is 4.36. The SMILES string of the molecule is COc1ccc(CC(=O)Nc2cccc(-c3csc(-c4ccccc4Cl)n3)c2)cc1. The van der Waals surface area contributed by atoms with Gasteiger partial charge < -0.3 is 10.1 Å². The smallest absolute Gasteiger partial charge is 0.228 e. The van der Waals surface area contributed by atoms with Gasteiger partial charge in [-0.2, -0.15) is 0 Å². The maximum absolute atomic E-state index is 12.4. The Morgan fingerprint density at radius 3 is 2.63 bits per heavy atom. The molecule has 3 aromatic carbocycles. The van der Waals surface area contributed by atoms with Gasteiger partial charge in [0.05, 0.1) is 24.2 Å². The molecule has 6 heteroatoms. The number of methoxy groups -OCH3 is 1. The number of hydrogen-bond donors (Lipinski definition) is 1. The molecule has 4 aromatic rings. The maximum Gasteiger partial charge on any atom is 0.228 e. The van der Waals surface area contributed by atoms with E-state index in [0.717, 1.165) is 38.8 Å². The normalized spacial score (nSPS) is 10.6. The molecular formula is C24H19ClN2O2S. The number of hydrogen-bond acceptors (Lipinski definition) is 4. The first-order valence-electron chi connectivity index (χ1n) is 9.36. The molecule has 0 bridgehead atoms. The number of rotatable bonds is 6. The Balaban J connectivity index is 1.47. The van der Waals surface area contributed by atoms with Gasteiger partial charge in [-0.25, -0.2) is 4.98 Å². The molecule has 1 N–H and O–H groups in total. The van der Waals surface area contributed by atoms with Crippen molar-refractivity contribution >= 4 is 34.5 Å². The van der Waals surface area contributed by atoms with Crippen LogP contribution < -0.4 is 10.1 Å². The summed E-state index contributed by atoms with van der Waals surface area (Å²) in [6, 6.07) is 22.8. The van der Waals surface area contributed by atoms with Crippen LogP contribution in [0.15, 0.2) is 78.2 Å². The lowest BCUT2D eigenvalue weighted by atomic mass is 10.1. The van der Waals surface area contributed by atoms with Crippen LogP contribution in [0.5, 0.6) is 5.75 Å². The van der Waals surface area contributed by atoms with Crippen LogP contribution >= 0.6 is 22.9 Å². The molecule has 1 amide bonds. The first-order valence-corrected chi connectivity index (χ1v) is 10.6. The summed E-state index contributed by atoms with van der Waals surface area (Å²) in [6.07, 6.45) is 0.293. The minimum Gasteiger partial charge on any atom is -0.497 e. The second-order valence-corrected chi connectivity index (χ2v) is 7.94. The van der Waals surface area contributed by atoms with E-state index in [1.807, 2.05) is 78.2 Å². The van der Waals surface area contributed by atoms with Crippen molar-refractivity contribution in [3.05, 3.63) is 88.8 Å². The molecule has 4 rings (SSSR count). The molecule has 0 fully saturated rings. The van der Waals surface area contributed by atoms with Crippen molar-refractivity contribution in [1.29, 1.82) is 0 Å². The summed E-state index contributed by atoms with van der Waals surface area (Å²) in [4.78, 5) is 17.2. The quantitative estimate of drug-likeness (QED) is 0.386. The van der Waals surface area contributed by atoms with Crippen molar-refractivity contribution in [1.82, 2.24) is 4.98 Å². The summed E-state index contributed by atoms with van der Waals surface area (Å²) in [6.45, 7) is 0. The van der Waals surface area contributed by atoms with Gasteiger partial charge in [-0.1, -0.05) is 54.1 Å². The number of carbonyl (C=O) groups excluding carboxylic acids is 1. The van der Waals surface area contributed by atoms with Crippen molar-refractivity contribution in [2.24, 2.45) is 0 Å². The van der Waals surface area contributed by atoms with E-state index in [9.17, 15) is 4.79 Å². The van der Waals surface area contributed by atoms with Crippen molar-refractivity contribution in [3.63, 3.8) is 0 Å². The number of ether oxygens (including phenoxy) is 1. The number of halogens is 1. The Kier molecular flexibility index (Phi) is 6.12. The third-order valence-corrected chi connectivity index (χ3v) is 5.78. The van der Waals surface area contributed by atoms with Crippen LogP contribution in [-0.2, 0) is 11.2 Å². The molecule has 0 aliphatic carbocycles. The minimum absolute atomic E-state index is 0.0765. The highest BCUT2D eigenvalue weighted by Gasteiger charge is 2.11. The minimum atomic E-state index is -0.0765. The fraction of sp³-hybridized carbons (Fsp3) is 0.0833. The van der Waals surface area contributed by atoms with Gasteiger partial charge in [0.2, 0.25) is 5.91 Å². The van der Waals surface area contributed by atoms with E-state index in [-0.39, 0.29) is 5.91 Å². The van der Waals surface area contributed by atoms with Gasteiger partial charge in [0.1, 0.15) is 10.8 Å². The van der Waals surface area contributed by atoms with Gasteiger partial charge in [0.15, 0.2) is 0 Å². The first-order chi connectivity index (χ1) is 14.6. The maximum atomic E-state index is 12.4. The molecule has 30 heavy (non-hydrogen) atoms. The van der Waals surface area contributed by atoms with Gasteiger partial charge in [-0.3, -0.25) is 4.79 Å². The Morgan fingerprint density at radius 1 is 1.07 bits per heavy atom. The number of nitrogens with zero attached hydrogens (tertiary/aromatic N) is 1. The van der Waals surface area contributed by atoms with Crippen LogP contribution in [0.1, 0.15) is 5.56 Å². The molecule has 0 aliphatic rings. The van der Waals surface area contributed by atoms with Crippen LogP contribution in [0, 0.1) is 0 Å². The van der Waals surface area contributed by atoms with E-state index >= 15 is 0 Å². The zero-order chi connectivity index (χ0) is 20.9. The van der Waals surface area contributed by atoms with E-state index in [1.54, 1.807) is 18.4 Å². The van der Waals surface area contributed by atoms with Gasteiger partial charge in [-0.05, 0) is 35.9 Å². The third-order valence-electron chi connectivity index (χ3n) is 4.57. The largest absolute Gasteiger partial charge is 0.497 e. The number of carbonyl (C=O) groups is 1. The molecule has 0 atom stereocenters.